The van der Waals surface area contributed by atoms with Crippen molar-refractivity contribution < 1.29 is 14.3 Å². The van der Waals surface area contributed by atoms with Crippen molar-refractivity contribution in [2.45, 2.75) is 45.3 Å². The number of amides is 1. The molecule has 1 unspecified atom stereocenters. The highest BCUT2D eigenvalue weighted by atomic mass is 16.5. The van der Waals surface area contributed by atoms with Crippen LogP contribution in [0.15, 0.2) is 42.5 Å². The molecule has 0 bridgehead atoms. The Morgan fingerprint density at radius 3 is 2.48 bits per heavy atom. The zero-order valence-corrected chi connectivity index (χ0v) is 14.1. The number of benzene rings is 1. The van der Waals surface area contributed by atoms with Crippen molar-refractivity contribution >= 4 is 11.9 Å². The summed E-state index contributed by atoms with van der Waals surface area (Å²) in [5, 5.41) is 0. The van der Waals surface area contributed by atoms with E-state index in [1.54, 1.807) is 11.9 Å². The summed E-state index contributed by atoms with van der Waals surface area (Å²) in [5.74, 6) is -0.241. The number of nitrogens with zero attached hydrogens (tertiary/aromatic N) is 1. The first-order valence-electron chi connectivity index (χ1n) is 8.16. The average molecular weight is 315 g/mol. The van der Waals surface area contributed by atoms with E-state index in [2.05, 4.69) is 0 Å². The number of hydrogen-bond acceptors (Lipinski definition) is 3. The van der Waals surface area contributed by atoms with Gasteiger partial charge in [-0.2, -0.15) is 0 Å². The standard InChI is InChI=1S/C19H25NO3/c1-14-10-6-4-9-13-17(21)23-18(15(2)20(3)19(14)22)16-11-7-5-8-12-16/h4-8,11-12,14-15,18H,9-10,13H2,1-3H3/b6-4+/t14-,15+,18?/m1/s1. The zero-order valence-electron chi connectivity index (χ0n) is 14.1. The van der Waals surface area contributed by atoms with Crippen molar-refractivity contribution in [3.8, 4) is 0 Å². The molecule has 1 aliphatic rings. The van der Waals surface area contributed by atoms with Crippen LogP contribution in [0.2, 0.25) is 0 Å². The third-order valence-electron chi connectivity index (χ3n) is 4.38. The lowest BCUT2D eigenvalue weighted by Crippen LogP contribution is -2.42. The predicted molar refractivity (Wildman–Crippen MR) is 89.7 cm³/mol. The maximum absolute atomic E-state index is 12.6. The largest absolute Gasteiger partial charge is 0.455 e. The van der Waals surface area contributed by atoms with Gasteiger partial charge in [0.1, 0.15) is 6.10 Å². The Morgan fingerprint density at radius 2 is 1.78 bits per heavy atom. The summed E-state index contributed by atoms with van der Waals surface area (Å²) in [5.41, 5.74) is 0.910. The predicted octanol–water partition coefficient (Wildman–Crippen LogP) is 3.49. The molecule has 0 saturated heterocycles. The molecule has 3 atom stereocenters. The monoisotopic (exact) mass is 315 g/mol. The molecule has 23 heavy (non-hydrogen) atoms. The van der Waals surface area contributed by atoms with Gasteiger partial charge in [0, 0.05) is 19.4 Å². The van der Waals surface area contributed by atoms with Crippen LogP contribution >= 0.6 is 0 Å². The maximum atomic E-state index is 12.6. The number of allylic oxidation sites excluding steroid dienone is 2. The van der Waals surface area contributed by atoms with Crippen LogP contribution < -0.4 is 0 Å². The first-order valence-corrected chi connectivity index (χ1v) is 8.16. The minimum Gasteiger partial charge on any atom is -0.455 e. The molecule has 0 spiro atoms. The maximum Gasteiger partial charge on any atom is 0.306 e. The minimum absolute atomic E-state index is 0.0692. The molecule has 0 saturated carbocycles. The van der Waals surface area contributed by atoms with E-state index in [4.69, 9.17) is 4.74 Å². The second kappa shape index (κ2) is 7.95. The number of hydrogen-bond donors (Lipinski definition) is 0. The molecular weight excluding hydrogens is 290 g/mol. The quantitative estimate of drug-likeness (QED) is 0.588. The molecule has 1 heterocycles. The third-order valence-corrected chi connectivity index (χ3v) is 4.38. The number of rotatable bonds is 1. The topological polar surface area (TPSA) is 46.6 Å². The van der Waals surface area contributed by atoms with E-state index in [9.17, 15) is 9.59 Å². The van der Waals surface area contributed by atoms with Gasteiger partial charge in [-0.3, -0.25) is 9.59 Å². The zero-order chi connectivity index (χ0) is 16.8. The first-order chi connectivity index (χ1) is 11.0. The lowest BCUT2D eigenvalue weighted by Gasteiger charge is -2.33. The van der Waals surface area contributed by atoms with Gasteiger partial charge in [-0.15, -0.1) is 0 Å². The van der Waals surface area contributed by atoms with Gasteiger partial charge in [-0.25, -0.2) is 0 Å². The van der Waals surface area contributed by atoms with E-state index in [1.165, 1.54) is 0 Å². The number of cyclic esters (lactones) is 1. The molecule has 1 aliphatic heterocycles. The number of likely N-dealkylation sites (N-methyl/N-ethyl adjacent to an activating group) is 1. The van der Waals surface area contributed by atoms with Crippen molar-refractivity contribution in [2.75, 3.05) is 7.05 Å². The molecule has 4 heteroatoms. The van der Waals surface area contributed by atoms with Gasteiger partial charge in [0.2, 0.25) is 5.91 Å². The summed E-state index contributed by atoms with van der Waals surface area (Å²) < 4.78 is 5.71. The van der Waals surface area contributed by atoms with Crippen LogP contribution in [0.25, 0.3) is 0 Å². The van der Waals surface area contributed by atoms with Gasteiger partial charge in [-0.1, -0.05) is 49.4 Å². The molecule has 1 aromatic rings. The minimum atomic E-state index is -0.451. The fourth-order valence-corrected chi connectivity index (χ4v) is 2.76. The van der Waals surface area contributed by atoms with E-state index in [0.29, 0.717) is 19.3 Å². The average Bonchev–Trinajstić information content (AvgIpc) is 2.57. The Balaban J connectivity index is 2.32. The van der Waals surface area contributed by atoms with Gasteiger partial charge in [0.15, 0.2) is 0 Å². The van der Waals surface area contributed by atoms with Crippen molar-refractivity contribution in [3.05, 3.63) is 48.0 Å². The van der Waals surface area contributed by atoms with Crippen LogP contribution in [0.5, 0.6) is 0 Å². The van der Waals surface area contributed by atoms with Crippen LogP contribution in [-0.2, 0) is 14.3 Å². The Morgan fingerprint density at radius 1 is 1.09 bits per heavy atom. The third kappa shape index (κ3) is 4.44. The Bertz CT molecular complexity index is 567. The Kier molecular flexibility index (Phi) is 5.97. The first kappa shape index (κ1) is 17.3. The van der Waals surface area contributed by atoms with Crippen LogP contribution in [0.4, 0.5) is 0 Å². The van der Waals surface area contributed by atoms with Gasteiger partial charge < -0.3 is 9.64 Å². The van der Waals surface area contributed by atoms with E-state index in [0.717, 1.165) is 5.56 Å². The molecular formula is C19H25NO3. The number of carbonyl (C=O) groups excluding carboxylic acids is 2. The second-order valence-corrected chi connectivity index (χ2v) is 6.16. The summed E-state index contributed by atoms with van der Waals surface area (Å²) in [7, 11) is 1.78. The fourth-order valence-electron chi connectivity index (χ4n) is 2.76. The van der Waals surface area contributed by atoms with E-state index < -0.39 is 6.10 Å². The lowest BCUT2D eigenvalue weighted by molar-refractivity contribution is -0.156. The number of ether oxygens (including phenoxy) is 1. The summed E-state index contributed by atoms with van der Waals surface area (Å²) in [6.45, 7) is 3.86. The van der Waals surface area contributed by atoms with Crippen LogP contribution in [0.3, 0.4) is 0 Å². The second-order valence-electron chi connectivity index (χ2n) is 6.16. The molecule has 0 fully saturated rings. The summed E-state index contributed by atoms with van der Waals surface area (Å²) in [6.07, 6.45) is 5.18. The smallest absolute Gasteiger partial charge is 0.306 e. The van der Waals surface area contributed by atoms with Crippen LogP contribution in [0, 0.1) is 5.92 Å². The van der Waals surface area contributed by atoms with E-state index >= 15 is 0 Å². The molecule has 1 amide bonds. The summed E-state index contributed by atoms with van der Waals surface area (Å²) >= 11 is 0. The van der Waals surface area contributed by atoms with Gasteiger partial charge in [0.25, 0.3) is 0 Å². The Labute approximate surface area is 138 Å². The highest BCUT2D eigenvalue weighted by molar-refractivity contribution is 5.79. The van der Waals surface area contributed by atoms with Crippen LogP contribution in [0.1, 0.15) is 44.8 Å². The lowest BCUT2D eigenvalue weighted by atomic mass is 9.99. The molecule has 0 radical (unpaired) electrons. The normalized spacial score (nSPS) is 28.5. The van der Waals surface area contributed by atoms with Crippen molar-refractivity contribution in [1.82, 2.24) is 4.90 Å². The molecule has 0 N–H and O–H groups in total. The SMILES string of the molecule is C[C@@H]1C/C=C/CCC(=O)OC(c2ccccc2)[C@H](C)N(C)C1=O. The fraction of sp³-hybridized carbons (Fsp3) is 0.474. The van der Waals surface area contributed by atoms with Crippen molar-refractivity contribution in [2.24, 2.45) is 5.92 Å². The Hall–Kier alpha value is -2.10. The van der Waals surface area contributed by atoms with E-state index in [1.807, 2.05) is 56.3 Å². The van der Waals surface area contributed by atoms with Crippen LogP contribution in [-0.4, -0.2) is 29.9 Å². The number of esters is 1. The van der Waals surface area contributed by atoms with Crippen molar-refractivity contribution in [1.29, 1.82) is 0 Å². The van der Waals surface area contributed by atoms with Gasteiger partial charge >= 0.3 is 5.97 Å². The van der Waals surface area contributed by atoms with Crippen molar-refractivity contribution in [3.63, 3.8) is 0 Å². The molecule has 124 valence electrons. The van der Waals surface area contributed by atoms with E-state index in [-0.39, 0.29) is 23.8 Å². The summed E-state index contributed by atoms with van der Waals surface area (Å²) in [6, 6.07) is 9.40. The van der Waals surface area contributed by atoms with Gasteiger partial charge in [0.05, 0.1) is 6.04 Å². The highest BCUT2D eigenvalue weighted by Gasteiger charge is 2.30. The molecule has 0 aromatic heterocycles. The highest BCUT2D eigenvalue weighted by Crippen LogP contribution is 2.27. The molecule has 1 aromatic carbocycles. The molecule has 2 rings (SSSR count). The number of carbonyl (C=O) groups is 2. The van der Waals surface area contributed by atoms with Gasteiger partial charge in [-0.05, 0) is 25.3 Å². The molecule has 4 nitrogen and oxygen atoms in total. The molecule has 0 aliphatic carbocycles. The summed E-state index contributed by atoms with van der Waals surface area (Å²) in [4.78, 5) is 26.4.